The monoisotopic (exact) mass is 422 g/mol. The summed E-state index contributed by atoms with van der Waals surface area (Å²) in [6.07, 6.45) is 5.59. The average molecular weight is 423 g/mol. The minimum absolute atomic E-state index is 0.0598. The first-order valence-electron chi connectivity index (χ1n) is 11.1. The van der Waals surface area contributed by atoms with Gasteiger partial charge in [0.1, 0.15) is 0 Å². The number of anilines is 1. The molecule has 0 aromatic heterocycles. The molecule has 31 heavy (non-hydrogen) atoms. The van der Waals surface area contributed by atoms with E-state index in [4.69, 9.17) is 9.47 Å². The van der Waals surface area contributed by atoms with Crippen LogP contribution in [-0.4, -0.2) is 31.6 Å². The molecule has 6 nitrogen and oxygen atoms in total. The molecule has 2 N–H and O–H groups in total. The Morgan fingerprint density at radius 2 is 1.87 bits per heavy atom. The van der Waals surface area contributed by atoms with E-state index in [-0.39, 0.29) is 36.2 Å². The molecule has 164 valence electrons. The number of ether oxygens (including phenoxy) is 2. The topological polar surface area (TPSA) is 76.7 Å². The minimum atomic E-state index is -0.358. The lowest BCUT2D eigenvalue weighted by atomic mass is 9.83. The smallest absolute Gasteiger partial charge is 0.225 e. The van der Waals surface area contributed by atoms with Crippen LogP contribution in [0.4, 0.5) is 5.69 Å². The van der Waals surface area contributed by atoms with Crippen LogP contribution in [0.15, 0.2) is 48.5 Å². The normalized spacial score (nSPS) is 21.4. The predicted octanol–water partition coefficient (Wildman–Crippen LogP) is 4.27. The van der Waals surface area contributed by atoms with Crippen LogP contribution in [0.2, 0.25) is 0 Å². The zero-order valence-electron chi connectivity index (χ0n) is 17.9. The maximum absolute atomic E-state index is 12.5. The number of hydrogen-bond donors (Lipinski definition) is 2. The van der Waals surface area contributed by atoms with Gasteiger partial charge in [-0.3, -0.25) is 9.59 Å². The molecule has 1 heterocycles. The van der Waals surface area contributed by atoms with Crippen molar-refractivity contribution >= 4 is 17.5 Å². The minimum Gasteiger partial charge on any atom is -0.493 e. The number of rotatable bonds is 7. The van der Waals surface area contributed by atoms with Crippen molar-refractivity contribution in [1.82, 2.24) is 5.32 Å². The number of piperidine rings is 1. The lowest BCUT2D eigenvalue weighted by Crippen LogP contribution is -2.42. The highest BCUT2D eigenvalue weighted by Crippen LogP contribution is 2.37. The molecule has 2 amide bonds. The van der Waals surface area contributed by atoms with E-state index in [2.05, 4.69) is 10.6 Å². The van der Waals surface area contributed by atoms with Crippen LogP contribution in [-0.2, 0) is 9.59 Å². The maximum Gasteiger partial charge on any atom is 0.225 e. The van der Waals surface area contributed by atoms with E-state index in [9.17, 15) is 9.59 Å². The fraction of sp³-hybridized carbons (Fsp3) is 0.440. The van der Waals surface area contributed by atoms with E-state index in [1.54, 1.807) is 7.11 Å². The number of para-hydroxylation sites is 1. The van der Waals surface area contributed by atoms with Crippen LogP contribution in [0.3, 0.4) is 0 Å². The first kappa shape index (κ1) is 21.2. The van der Waals surface area contributed by atoms with Gasteiger partial charge in [-0.2, -0.15) is 0 Å². The Bertz CT molecular complexity index is 909. The lowest BCUT2D eigenvalue weighted by Gasteiger charge is -2.29. The Morgan fingerprint density at radius 3 is 2.61 bits per heavy atom. The fourth-order valence-corrected chi connectivity index (χ4v) is 4.51. The van der Waals surface area contributed by atoms with Gasteiger partial charge in [0.2, 0.25) is 11.8 Å². The summed E-state index contributed by atoms with van der Waals surface area (Å²) in [5.74, 6) is 1.06. The number of amides is 2. The third-order valence-electron chi connectivity index (χ3n) is 6.21. The summed E-state index contributed by atoms with van der Waals surface area (Å²) in [7, 11) is 1.65. The molecular weight excluding hydrogens is 392 g/mol. The van der Waals surface area contributed by atoms with Gasteiger partial charge in [-0.15, -0.1) is 0 Å². The molecule has 2 aromatic rings. The van der Waals surface area contributed by atoms with Gasteiger partial charge in [0, 0.05) is 30.5 Å². The van der Waals surface area contributed by atoms with Crippen LogP contribution in [0.1, 0.15) is 50.0 Å². The molecule has 2 aliphatic rings. The standard InChI is InChI=1S/C25H30N2O4/c1-30-22-12-11-17(14-23(22)31-21-9-5-6-10-21)19-13-18(25(29)26-16-19)15-24(28)27-20-7-3-2-4-8-20/h2-4,7-8,11-12,14,18-19,21H,5-6,9-10,13,15-16H2,1H3,(H,26,29)(H,27,28)/t18?,19-/m1/s1. The number of hydrogen-bond acceptors (Lipinski definition) is 4. The van der Waals surface area contributed by atoms with Gasteiger partial charge in [0.25, 0.3) is 0 Å². The Kier molecular flexibility index (Phi) is 6.75. The first-order valence-corrected chi connectivity index (χ1v) is 11.1. The number of carbonyl (C=O) groups excluding carboxylic acids is 2. The highest BCUT2D eigenvalue weighted by molar-refractivity contribution is 5.94. The summed E-state index contributed by atoms with van der Waals surface area (Å²) in [5, 5.41) is 5.85. The molecule has 0 spiro atoms. The Balaban J connectivity index is 1.43. The van der Waals surface area contributed by atoms with Crippen LogP contribution in [0, 0.1) is 5.92 Å². The van der Waals surface area contributed by atoms with Crippen molar-refractivity contribution in [2.45, 2.75) is 50.5 Å². The van der Waals surface area contributed by atoms with E-state index in [1.807, 2.05) is 48.5 Å². The van der Waals surface area contributed by atoms with E-state index >= 15 is 0 Å². The predicted molar refractivity (Wildman–Crippen MR) is 119 cm³/mol. The van der Waals surface area contributed by atoms with E-state index in [0.29, 0.717) is 13.0 Å². The maximum atomic E-state index is 12.5. The number of nitrogens with one attached hydrogen (secondary N) is 2. The number of methoxy groups -OCH3 is 1. The Morgan fingerprint density at radius 1 is 1.10 bits per heavy atom. The molecule has 1 unspecified atom stereocenters. The second-order valence-corrected chi connectivity index (χ2v) is 8.43. The molecule has 0 radical (unpaired) electrons. The second kappa shape index (κ2) is 9.86. The van der Waals surface area contributed by atoms with Crippen molar-refractivity contribution < 1.29 is 19.1 Å². The van der Waals surface area contributed by atoms with Gasteiger partial charge in [-0.05, 0) is 61.9 Å². The van der Waals surface area contributed by atoms with Gasteiger partial charge in [-0.25, -0.2) is 0 Å². The zero-order valence-corrected chi connectivity index (χ0v) is 17.9. The van der Waals surface area contributed by atoms with E-state index in [0.717, 1.165) is 35.6 Å². The summed E-state index contributed by atoms with van der Waals surface area (Å²) < 4.78 is 11.7. The summed E-state index contributed by atoms with van der Waals surface area (Å²) in [6, 6.07) is 15.3. The highest BCUT2D eigenvalue weighted by atomic mass is 16.5. The number of carbonyl (C=O) groups is 2. The van der Waals surface area contributed by atoms with Crippen molar-refractivity contribution in [2.24, 2.45) is 5.92 Å². The lowest BCUT2D eigenvalue weighted by molar-refractivity contribution is -0.130. The third kappa shape index (κ3) is 5.37. The van der Waals surface area contributed by atoms with Crippen LogP contribution in [0.5, 0.6) is 11.5 Å². The quantitative estimate of drug-likeness (QED) is 0.699. The van der Waals surface area contributed by atoms with E-state index in [1.165, 1.54) is 12.8 Å². The van der Waals surface area contributed by atoms with E-state index < -0.39 is 0 Å². The Labute approximate surface area is 183 Å². The van der Waals surface area contributed by atoms with Crippen LogP contribution >= 0.6 is 0 Å². The zero-order chi connectivity index (χ0) is 21.6. The SMILES string of the molecule is COc1ccc([C@H]2CNC(=O)C(CC(=O)Nc3ccccc3)C2)cc1OC1CCCC1. The first-order chi connectivity index (χ1) is 15.1. The van der Waals surface area contributed by atoms with Gasteiger partial charge >= 0.3 is 0 Å². The average Bonchev–Trinajstić information content (AvgIpc) is 3.29. The van der Waals surface area contributed by atoms with Crippen molar-refractivity contribution in [2.75, 3.05) is 19.0 Å². The summed E-state index contributed by atoms with van der Waals surface area (Å²) >= 11 is 0. The molecule has 0 bridgehead atoms. The van der Waals surface area contributed by atoms with Crippen molar-refractivity contribution in [3.63, 3.8) is 0 Å². The largest absolute Gasteiger partial charge is 0.493 e. The third-order valence-corrected chi connectivity index (χ3v) is 6.21. The summed E-state index contributed by atoms with van der Waals surface area (Å²) in [4.78, 5) is 24.9. The molecule has 1 aliphatic carbocycles. The molecular formula is C25H30N2O4. The van der Waals surface area contributed by atoms with Crippen LogP contribution in [0.25, 0.3) is 0 Å². The summed E-state index contributed by atoms with van der Waals surface area (Å²) in [5.41, 5.74) is 1.84. The van der Waals surface area contributed by atoms with Crippen molar-refractivity contribution in [3.8, 4) is 11.5 Å². The second-order valence-electron chi connectivity index (χ2n) is 8.43. The molecule has 2 fully saturated rings. The Hall–Kier alpha value is -3.02. The molecule has 2 aromatic carbocycles. The molecule has 4 rings (SSSR count). The molecule has 1 saturated heterocycles. The van der Waals surface area contributed by atoms with Gasteiger partial charge < -0.3 is 20.1 Å². The molecule has 2 atom stereocenters. The van der Waals surface area contributed by atoms with Gasteiger partial charge in [0.05, 0.1) is 13.2 Å². The van der Waals surface area contributed by atoms with Crippen LogP contribution < -0.4 is 20.1 Å². The van der Waals surface area contributed by atoms with Gasteiger partial charge in [0.15, 0.2) is 11.5 Å². The van der Waals surface area contributed by atoms with Crippen molar-refractivity contribution in [1.29, 1.82) is 0 Å². The summed E-state index contributed by atoms with van der Waals surface area (Å²) in [6.45, 7) is 0.560. The fourth-order valence-electron chi connectivity index (χ4n) is 4.51. The van der Waals surface area contributed by atoms with Crippen molar-refractivity contribution in [3.05, 3.63) is 54.1 Å². The number of benzene rings is 2. The highest BCUT2D eigenvalue weighted by Gasteiger charge is 2.31. The van der Waals surface area contributed by atoms with Gasteiger partial charge in [-0.1, -0.05) is 24.3 Å². The molecule has 1 aliphatic heterocycles. The molecule has 6 heteroatoms. The molecule has 1 saturated carbocycles.